The Balaban J connectivity index is 0.00000242. The first-order valence-corrected chi connectivity index (χ1v) is 8.40. The van der Waals surface area contributed by atoms with Gasteiger partial charge in [0.05, 0.1) is 7.11 Å². The number of ether oxygens (including phenoxy) is 1. The Morgan fingerprint density at radius 2 is 2.10 bits per heavy atom. The van der Waals surface area contributed by atoms with Crippen molar-refractivity contribution >= 4 is 0 Å². The Morgan fingerprint density at radius 1 is 1.33 bits per heavy atom. The Morgan fingerprint density at radius 3 is 2.67 bits per heavy atom. The molecule has 0 heterocycles. The predicted molar refractivity (Wildman–Crippen MR) is 92.4 cm³/mol. The van der Waals surface area contributed by atoms with E-state index in [0.717, 1.165) is 5.75 Å². The molecule has 2 atom stereocenters. The molecule has 2 rings (SSSR count). The van der Waals surface area contributed by atoms with Crippen molar-refractivity contribution in [1.29, 1.82) is 0 Å². The zero-order valence-corrected chi connectivity index (χ0v) is 14.4. The summed E-state index contributed by atoms with van der Waals surface area (Å²) in [7, 11) is 6.22. The summed E-state index contributed by atoms with van der Waals surface area (Å²) >= 11 is 0. The Kier molecular flexibility index (Phi) is 5.32. The molecule has 1 aromatic carbocycles. The summed E-state index contributed by atoms with van der Waals surface area (Å²) in [5, 5.41) is 0. The molecule has 0 aromatic heterocycles. The second-order valence-corrected chi connectivity index (χ2v) is 6.77. The summed E-state index contributed by atoms with van der Waals surface area (Å²) in [6.45, 7) is 4.65. The van der Waals surface area contributed by atoms with Crippen molar-refractivity contribution in [3.05, 3.63) is 29.3 Å². The van der Waals surface area contributed by atoms with Crippen molar-refractivity contribution < 1.29 is 6.16 Å². The van der Waals surface area contributed by atoms with Gasteiger partial charge in [-0.1, -0.05) is 26.3 Å². The topological polar surface area (TPSA) is 12.5 Å². The standard InChI is InChI=1S/C19H31NO.H2/c1-6-8-16(20(3)4)14-19(7-2)12-11-15-9-10-17(21-5)13-18(15)19;/h9-10,13,16H,6-8,11-12,14H2,1-5H3;1H/t16-,19?;/m1./s1. The summed E-state index contributed by atoms with van der Waals surface area (Å²) in [6, 6.07) is 7.35. The molecule has 2 nitrogen and oxygen atoms in total. The molecule has 1 aliphatic rings. The van der Waals surface area contributed by atoms with Crippen LogP contribution >= 0.6 is 0 Å². The highest BCUT2D eigenvalue weighted by molar-refractivity contribution is 5.44. The first-order valence-electron chi connectivity index (χ1n) is 8.40. The number of fused-ring (bicyclic) bond motifs is 1. The smallest absolute Gasteiger partial charge is 0.119 e. The van der Waals surface area contributed by atoms with Crippen LogP contribution in [0.15, 0.2) is 18.2 Å². The van der Waals surface area contributed by atoms with Crippen LogP contribution in [0, 0.1) is 0 Å². The lowest BCUT2D eigenvalue weighted by molar-refractivity contribution is 0.204. The van der Waals surface area contributed by atoms with E-state index in [1.807, 2.05) is 0 Å². The Bertz CT molecular complexity index is 475. The molecular formula is C19H33NO. The number of aryl methyl sites for hydroxylation is 1. The van der Waals surface area contributed by atoms with Crippen LogP contribution < -0.4 is 4.74 Å². The molecule has 120 valence electrons. The van der Waals surface area contributed by atoms with Gasteiger partial charge in [0.25, 0.3) is 0 Å². The molecule has 0 radical (unpaired) electrons. The molecule has 0 N–H and O–H groups in total. The van der Waals surface area contributed by atoms with Crippen molar-refractivity contribution in [2.75, 3.05) is 21.2 Å². The van der Waals surface area contributed by atoms with Gasteiger partial charge in [-0.15, -0.1) is 0 Å². The van der Waals surface area contributed by atoms with Gasteiger partial charge < -0.3 is 9.64 Å². The highest BCUT2D eigenvalue weighted by Gasteiger charge is 2.39. The molecule has 0 bridgehead atoms. The maximum atomic E-state index is 5.47. The fourth-order valence-corrected chi connectivity index (χ4v) is 3.95. The van der Waals surface area contributed by atoms with E-state index in [0.29, 0.717) is 11.5 Å². The minimum Gasteiger partial charge on any atom is -0.497 e. The van der Waals surface area contributed by atoms with Crippen molar-refractivity contribution in [3.63, 3.8) is 0 Å². The number of benzene rings is 1. The summed E-state index contributed by atoms with van der Waals surface area (Å²) in [6.07, 6.45) is 7.55. The molecule has 0 saturated heterocycles. The summed E-state index contributed by atoms with van der Waals surface area (Å²) < 4.78 is 5.47. The zero-order chi connectivity index (χ0) is 15.5. The van der Waals surface area contributed by atoms with Crippen LogP contribution in [0.5, 0.6) is 5.75 Å². The van der Waals surface area contributed by atoms with Gasteiger partial charge >= 0.3 is 0 Å². The van der Waals surface area contributed by atoms with Crippen LogP contribution in [-0.4, -0.2) is 32.1 Å². The van der Waals surface area contributed by atoms with Crippen LogP contribution in [0.25, 0.3) is 0 Å². The third kappa shape index (κ3) is 3.26. The van der Waals surface area contributed by atoms with Crippen LogP contribution in [0.1, 0.15) is 58.5 Å². The number of nitrogens with zero attached hydrogens (tertiary/aromatic N) is 1. The molecule has 0 aliphatic heterocycles. The normalized spacial score (nSPS) is 22.4. The Labute approximate surface area is 132 Å². The first kappa shape index (κ1) is 16.4. The van der Waals surface area contributed by atoms with E-state index in [-0.39, 0.29) is 1.43 Å². The SMILES string of the molecule is CCC[C@H](CC1(CC)CCc2ccc(OC)cc21)N(C)C.[HH]. The first-order chi connectivity index (χ1) is 10.1. The molecule has 2 heteroatoms. The summed E-state index contributed by atoms with van der Waals surface area (Å²) in [4.78, 5) is 2.42. The molecule has 0 saturated carbocycles. The lowest BCUT2D eigenvalue weighted by atomic mass is 9.73. The predicted octanol–water partition coefficient (Wildman–Crippen LogP) is 4.66. The third-order valence-electron chi connectivity index (χ3n) is 5.42. The molecular weight excluding hydrogens is 258 g/mol. The van der Waals surface area contributed by atoms with Gasteiger partial charge in [0.1, 0.15) is 5.75 Å². The van der Waals surface area contributed by atoms with Crippen molar-refractivity contribution in [3.8, 4) is 5.75 Å². The average molecular weight is 291 g/mol. The number of rotatable bonds is 7. The highest BCUT2D eigenvalue weighted by Crippen LogP contribution is 2.46. The largest absolute Gasteiger partial charge is 0.497 e. The van der Waals surface area contributed by atoms with Crippen LogP contribution in [0.3, 0.4) is 0 Å². The van der Waals surface area contributed by atoms with Crippen LogP contribution in [-0.2, 0) is 11.8 Å². The van der Waals surface area contributed by atoms with Gasteiger partial charge in [-0.25, -0.2) is 0 Å². The van der Waals surface area contributed by atoms with Gasteiger partial charge in [0, 0.05) is 7.47 Å². The van der Waals surface area contributed by atoms with Crippen molar-refractivity contribution in [1.82, 2.24) is 4.90 Å². The minimum atomic E-state index is 0. The number of hydrogen-bond acceptors (Lipinski definition) is 2. The molecule has 0 spiro atoms. The van der Waals surface area contributed by atoms with E-state index in [2.05, 4.69) is 51.0 Å². The zero-order valence-electron chi connectivity index (χ0n) is 14.4. The molecule has 1 aromatic rings. The highest BCUT2D eigenvalue weighted by atomic mass is 16.5. The second kappa shape index (κ2) is 6.83. The minimum absolute atomic E-state index is 0. The molecule has 21 heavy (non-hydrogen) atoms. The lowest BCUT2D eigenvalue weighted by Gasteiger charge is -2.36. The van der Waals surface area contributed by atoms with E-state index >= 15 is 0 Å². The molecule has 1 unspecified atom stereocenters. The second-order valence-electron chi connectivity index (χ2n) is 6.77. The summed E-state index contributed by atoms with van der Waals surface area (Å²) in [5.74, 6) is 1.00. The maximum Gasteiger partial charge on any atom is 0.119 e. The van der Waals surface area contributed by atoms with E-state index in [1.54, 1.807) is 12.7 Å². The van der Waals surface area contributed by atoms with Gasteiger partial charge in [0.2, 0.25) is 0 Å². The number of methoxy groups -OCH3 is 1. The fraction of sp³-hybridized carbons (Fsp3) is 0.684. The monoisotopic (exact) mass is 291 g/mol. The van der Waals surface area contributed by atoms with Crippen molar-refractivity contribution in [2.45, 2.75) is 63.8 Å². The maximum absolute atomic E-state index is 5.47. The lowest BCUT2D eigenvalue weighted by Crippen LogP contribution is -2.36. The third-order valence-corrected chi connectivity index (χ3v) is 5.42. The van der Waals surface area contributed by atoms with Crippen LogP contribution in [0.2, 0.25) is 0 Å². The Hall–Kier alpha value is -1.02. The van der Waals surface area contributed by atoms with Gasteiger partial charge in [-0.05, 0) is 74.9 Å². The molecule has 0 amide bonds. The van der Waals surface area contributed by atoms with E-state index in [9.17, 15) is 0 Å². The van der Waals surface area contributed by atoms with Gasteiger partial charge in [0.15, 0.2) is 0 Å². The van der Waals surface area contributed by atoms with E-state index in [1.165, 1.54) is 44.1 Å². The molecule has 1 aliphatic carbocycles. The van der Waals surface area contributed by atoms with Gasteiger partial charge in [-0.2, -0.15) is 0 Å². The van der Waals surface area contributed by atoms with Crippen molar-refractivity contribution in [2.24, 2.45) is 0 Å². The van der Waals surface area contributed by atoms with E-state index in [4.69, 9.17) is 4.74 Å². The van der Waals surface area contributed by atoms with Gasteiger partial charge in [-0.3, -0.25) is 0 Å². The van der Waals surface area contributed by atoms with Crippen LogP contribution in [0.4, 0.5) is 0 Å². The fourth-order valence-electron chi connectivity index (χ4n) is 3.95. The number of hydrogen-bond donors (Lipinski definition) is 0. The summed E-state index contributed by atoms with van der Waals surface area (Å²) in [5.41, 5.74) is 3.42. The molecule has 0 fully saturated rings. The van der Waals surface area contributed by atoms with E-state index < -0.39 is 0 Å². The quantitative estimate of drug-likeness (QED) is 0.724. The average Bonchev–Trinajstić information content (AvgIpc) is 2.85.